The normalized spacial score (nSPS) is 19.3. The molecule has 1 aliphatic heterocycles. The quantitative estimate of drug-likeness (QED) is 0.480. The van der Waals surface area contributed by atoms with Crippen LogP contribution in [-0.2, 0) is 15.5 Å². The van der Waals surface area contributed by atoms with E-state index in [1.807, 2.05) is 36.4 Å². The standard InChI is InChI=1S/C25H27ClN2O2S/c26-22-16-24(28-25(22)23-3-1-2-12-27-23)21(15-17-10-13-30-14-11-17)18-4-6-19(7-5-18)31(29)20-8-9-20/h1-7,12,16-17,20-21,28H,8-11,13-15H2. The molecule has 6 heteroatoms. The minimum Gasteiger partial charge on any atom is -0.381 e. The maximum Gasteiger partial charge on any atom is 0.0879 e. The lowest BCUT2D eigenvalue weighted by atomic mass is 9.83. The molecule has 2 aromatic heterocycles. The largest absolute Gasteiger partial charge is 0.381 e. The third kappa shape index (κ3) is 4.79. The van der Waals surface area contributed by atoms with Gasteiger partial charge in [0.1, 0.15) is 0 Å². The highest BCUT2D eigenvalue weighted by Crippen LogP contribution is 2.38. The monoisotopic (exact) mass is 454 g/mol. The van der Waals surface area contributed by atoms with Crippen molar-refractivity contribution in [2.75, 3.05) is 13.2 Å². The van der Waals surface area contributed by atoms with E-state index in [-0.39, 0.29) is 5.92 Å². The van der Waals surface area contributed by atoms with E-state index in [4.69, 9.17) is 16.3 Å². The molecule has 5 rings (SSSR count). The lowest BCUT2D eigenvalue weighted by Crippen LogP contribution is -2.18. The van der Waals surface area contributed by atoms with Gasteiger partial charge in [-0.3, -0.25) is 9.19 Å². The molecular weight excluding hydrogens is 428 g/mol. The van der Waals surface area contributed by atoms with Crippen molar-refractivity contribution in [2.45, 2.75) is 48.2 Å². The van der Waals surface area contributed by atoms with E-state index < -0.39 is 10.8 Å². The van der Waals surface area contributed by atoms with Crippen LogP contribution in [0, 0.1) is 5.92 Å². The summed E-state index contributed by atoms with van der Waals surface area (Å²) in [5.74, 6) is 0.806. The molecule has 1 aliphatic carbocycles. The summed E-state index contributed by atoms with van der Waals surface area (Å²) < 4.78 is 18.1. The Morgan fingerprint density at radius 2 is 1.87 bits per heavy atom. The molecule has 2 fully saturated rings. The predicted molar refractivity (Wildman–Crippen MR) is 125 cm³/mol. The molecule has 3 aromatic rings. The second-order valence-electron chi connectivity index (χ2n) is 8.57. The van der Waals surface area contributed by atoms with Crippen LogP contribution < -0.4 is 0 Å². The van der Waals surface area contributed by atoms with Gasteiger partial charge in [-0.05, 0) is 73.9 Å². The summed E-state index contributed by atoms with van der Waals surface area (Å²) in [7, 11) is -0.874. The number of benzene rings is 1. The number of ether oxygens (including phenoxy) is 1. The Balaban J connectivity index is 1.46. The van der Waals surface area contributed by atoms with Crippen molar-refractivity contribution in [1.29, 1.82) is 0 Å². The van der Waals surface area contributed by atoms with E-state index >= 15 is 0 Å². The third-order valence-corrected chi connectivity index (χ3v) is 8.45. The first-order valence-electron chi connectivity index (χ1n) is 11.1. The zero-order valence-electron chi connectivity index (χ0n) is 17.4. The first kappa shape index (κ1) is 20.9. The van der Waals surface area contributed by atoms with Gasteiger partial charge in [0.05, 0.1) is 27.2 Å². The first-order valence-corrected chi connectivity index (χ1v) is 12.7. The highest BCUT2D eigenvalue weighted by atomic mass is 35.5. The molecule has 0 spiro atoms. The second kappa shape index (κ2) is 9.27. The van der Waals surface area contributed by atoms with Crippen LogP contribution >= 0.6 is 11.6 Å². The number of aromatic amines is 1. The molecule has 162 valence electrons. The van der Waals surface area contributed by atoms with Crippen LogP contribution in [0.2, 0.25) is 5.02 Å². The molecule has 0 amide bonds. The molecule has 1 saturated carbocycles. The summed E-state index contributed by atoms with van der Waals surface area (Å²) >= 11 is 6.63. The minimum atomic E-state index is -0.874. The number of hydrogen-bond acceptors (Lipinski definition) is 3. The lowest BCUT2D eigenvalue weighted by Gasteiger charge is -2.27. The van der Waals surface area contributed by atoms with Crippen molar-refractivity contribution in [3.05, 3.63) is 71.0 Å². The van der Waals surface area contributed by atoms with Crippen LogP contribution in [0.25, 0.3) is 11.4 Å². The van der Waals surface area contributed by atoms with E-state index in [0.717, 1.165) is 67.3 Å². The number of halogens is 1. The van der Waals surface area contributed by atoms with E-state index in [0.29, 0.717) is 16.2 Å². The van der Waals surface area contributed by atoms with Gasteiger partial charge in [0.15, 0.2) is 0 Å². The molecule has 1 N–H and O–H groups in total. The van der Waals surface area contributed by atoms with Gasteiger partial charge < -0.3 is 9.72 Å². The zero-order chi connectivity index (χ0) is 21.2. The van der Waals surface area contributed by atoms with Crippen molar-refractivity contribution in [2.24, 2.45) is 5.92 Å². The number of pyridine rings is 1. The average molecular weight is 455 g/mol. The summed E-state index contributed by atoms with van der Waals surface area (Å²) in [6.07, 6.45) is 7.15. The van der Waals surface area contributed by atoms with Gasteiger partial charge in [-0.2, -0.15) is 0 Å². The van der Waals surface area contributed by atoms with Gasteiger partial charge in [-0.1, -0.05) is 29.8 Å². The van der Waals surface area contributed by atoms with Crippen LogP contribution in [-0.4, -0.2) is 32.6 Å². The molecule has 0 bridgehead atoms. The van der Waals surface area contributed by atoms with Gasteiger partial charge in [-0.25, -0.2) is 0 Å². The fourth-order valence-electron chi connectivity index (χ4n) is 4.40. The summed E-state index contributed by atoms with van der Waals surface area (Å²) in [6.45, 7) is 1.67. The predicted octanol–water partition coefficient (Wildman–Crippen LogP) is 5.95. The number of aromatic nitrogens is 2. The summed E-state index contributed by atoms with van der Waals surface area (Å²) in [4.78, 5) is 8.96. The smallest absolute Gasteiger partial charge is 0.0879 e. The summed E-state index contributed by atoms with van der Waals surface area (Å²) in [5, 5.41) is 1.05. The average Bonchev–Trinajstić information content (AvgIpc) is 3.60. The van der Waals surface area contributed by atoms with Crippen LogP contribution in [0.5, 0.6) is 0 Å². The van der Waals surface area contributed by atoms with Crippen LogP contribution in [0.1, 0.15) is 49.3 Å². The van der Waals surface area contributed by atoms with Gasteiger partial charge >= 0.3 is 0 Å². The number of rotatable bonds is 7. The SMILES string of the molecule is O=S(c1ccc(C(CC2CCOCC2)c2cc(Cl)c(-c3ccccn3)[nH]2)cc1)C1CC1. The zero-order valence-corrected chi connectivity index (χ0v) is 19.0. The molecule has 1 aromatic carbocycles. The Labute approximate surface area is 190 Å². The van der Waals surface area contributed by atoms with Crippen molar-refractivity contribution in [1.82, 2.24) is 9.97 Å². The van der Waals surface area contributed by atoms with Crippen LogP contribution in [0.3, 0.4) is 0 Å². The molecule has 2 atom stereocenters. The number of hydrogen-bond donors (Lipinski definition) is 1. The molecule has 2 aliphatic rings. The Morgan fingerprint density at radius 1 is 1.10 bits per heavy atom. The van der Waals surface area contributed by atoms with Crippen molar-refractivity contribution in [3.63, 3.8) is 0 Å². The summed E-state index contributed by atoms with van der Waals surface area (Å²) in [6, 6.07) is 16.3. The number of nitrogens with one attached hydrogen (secondary N) is 1. The van der Waals surface area contributed by atoms with E-state index in [1.165, 1.54) is 5.56 Å². The van der Waals surface area contributed by atoms with Crippen molar-refractivity contribution in [3.8, 4) is 11.4 Å². The highest BCUT2D eigenvalue weighted by Gasteiger charge is 2.30. The maximum absolute atomic E-state index is 12.5. The Bertz CT molecular complexity index is 1040. The third-order valence-electron chi connectivity index (χ3n) is 6.34. The maximum atomic E-state index is 12.5. The van der Waals surface area contributed by atoms with Crippen LogP contribution in [0.15, 0.2) is 59.6 Å². The lowest BCUT2D eigenvalue weighted by molar-refractivity contribution is 0.0626. The highest BCUT2D eigenvalue weighted by molar-refractivity contribution is 7.86. The first-order chi connectivity index (χ1) is 15.2. The minimum absolute atomic E-state index is 0.196. The molecule has 1 saturated heterocycles. The van der Waals surface area contributed by atoms with Crippen LogP contribution in [0.4, 0.5) is 0 Å². The van der Waals surface area contributed by atoms with Gasteiger partial charge in [0, 0.05) is 41.2 Å². The molecule has 3 heterocycles. The Kier molecular flexibility index (Phi) is 6.26. The number of nitrogens with zero attached hydrogens (tertiary/aromatic N) is 1. The molecule has 0 radical (unpaired) electrons. The van der Waals surface area contributed by atoms with Gasteiger partial charge in [0.25, 0.3) is 0 Å². The van der Waals surface area contributed by atoms with E-state index in [1.54, 1.807) is 6.20 Å². The van der Waals surface area contributed by atoms with Gasteiger partial charge in [-0.15, -0.1) is 0 Å². The fourth-order valence-corrected chi connectivity index (χ4v) is 6.02. The molecule has 31 heavy (non-hydrogen) atoms. The molecular formula is C25H27ClN2O2S. The second-order valence-corrected chi connectivity index (χ2v) is 10.7. The fraction of sp³-hybridized carbons (Fsp3) is 0.400. The van der Waals surface area contributed by atoms with Crippen molar-refractivity contribution >= 4 is 22.4 Å². The van der Waals surface area contributed by atoms with Crippen molar-refractivity contribution < 1.29 is 8.95 Å². The molecule has 4 nitrogen and oxygen atoms in total. The number of H-pyrrole nitrogens is 1. The van der Waals surface area contributed by atoms with E-state index in [9.17, 15) is 4.21 Å². The van der Waals surface area contributed by atoms with Gasteiger partial charge in [0.2, 0.25) is 0 Å². The molecule has 2 unspecified atom stereocenters. The summed E-state index contributed by atoms with van der Waals surface area (Å²) in [5.41, 5.74) is 4.04. The topological polar surface area (TPSA) is 55.0 Å². The Hall–Kier alpha value is -1.95. The van der Waals surface area contributed by atoms with E-state index in [2.05, 4.69) is 22.1 Å². The Morgan fingerprint density at radius 3 is 2.55 bits per heavy atom.